The lowest BCUT2D eigenvalue weighted by Crippen LogP contribution is -2.25. The van der Waals surface area contributed by atoms with E-state index in [0.717, 1.165) is 12.8 Å². The molecule has 5 heteroatoms. The summed E-state index contributed by atoms with van der Waals surface area (Å²) in [6, 6.07) is 8.37. The number of hydrogen-bond donors (Lipinski definition) is 1. The first-order chi connectivity index (χ1) is 10.0. The minimum atomic E-state index is -2.96. The van der Waals surface area contributed by atoms with Gasteiger partial charge in [-0.2, -0.15) is 14.0 Å². The smallest absolute Gasteiger partial charge is 0.387 e. The van der Waals surface area contributed by atoms with Crippen molar-refractivity contribution in [1.29, 1.82) is 5.26 Å². The standard InChI is InChI=1S/C16H19F2NO2/c1-2-11-7-8-16(9-11,10-19)14(20)12-5-3-4-6-13(12)21-15(17)18/h3-6,11,14-15,20H,2,7-9H2,1H3. The Morgan fingerprint density at radius 2 is 2.19 bits per heavy atom. The molecule has 21 heavy (non-hydrogen) atoms. The molecule has 0 aromatic heterocycles. The largest absolute Gasteiger partial charge is 0.434 e. The third-order valence-corrected chi connectivity index (χ3v) is 4.40. The fraction of sp³-hybridized carbons (Fsp3) is 0.562. The van der Waals surface area contributed by atoms with Gasteiger partial charge in [0.05, 0.1) is 11.5 Å². The highest BCUT2D eigenvalue weighted by atomic mass is 19.3. The Morgan fingerprint density at radius 1 is 1.48 bits per heavy atom. The van der Waals surface area contributed by atoms with Crippen molar-refractivity contribution in [1.82, 2.24) is 0 Å². The van der Waals surface area contributed by atoms with Crippen LogP contribution in [0.2, 0.25) is 0 Å². The van der Waals surface area contributed by atoms with Crippen molar-refractivity contribution in [2.24, 2.45) is 11.3 Å². The van der Waals surface area contributed by atoms with Crippen LogP contribution in [-0.2, 0) is 0 Å². The van der Waals surface area contributed by atoms with Crippen molar-refractivity contribution in [3.63, 3.8) is 0 Å². The van der Waals surface area contributed by atoms with Crippen LogP contribution in [0.3, 0.4) is 0 Å². The molecule has 1 fully saturated rings. The van der Waals surface area contributed by atoms with Gasteiger partial charge in [0.15, 0.2) is 0 Å². The Hall–Kier alpha value is -1.67. The summed E-state index contributed by atoms with van der Waals surface area (Å²) in [5.41, 5.74) is -0.654. The van der Waals surface area contributed by atoms with Crippen molar-refractivity contribution in [2.75, 3.05) is 0 Å². The monoisotopic (exact) mass is 295 g/mol. The molecule has 0 bridgehead atoms. The number of nitriles is 1. The van der Waals surface area contributed by atoms with E-state index < -0.39 is 18.1 Å². The number of hydrogen-bond acceptors (Lipinski definition) is 3. The predicted octanol–water partition coefficient (Wildman–Crippen LogP) is 4.04. The van der Waals surface area contributed by atoms with Gasteiger partial charge in [-0.05, 0) is 31.2 Å². The number of nitrogens with zero attached hydrogens (tertiary/aromatic N) is 1. The zero-order chi connectivity index (χ0) is 15.5. The van der Waals surface area contributed by atoms with Gasteiger partial charge in [0.1, 0.15) is 11.9 Å². The molecule has 1 aromatic carbocycles. The average molecular weight is 295 g/mol. The van der Waals surface area contributed by atoms with Crippen LogP contribution in [0, 0.1) is 22.7 Å². The van der Waals surface area contributed by atoms with Gasteiger partial charge in [-0.15, -0.1) is 0 Å². The van der Waals surface area contributed by atoms with Crippen molar-refractivity contribution in [3.8, 4) is 11.8 Å². The number of ether oxygens (including phenoxy) is 1. The second-order valence-electron chi connectivity index (χ2n) is 5.60. The van der Waals surface area contributed by atoms with E-state index in [4.69, 9.17) is 0 Å². The Bertz CT molecular complexity index is 529. The second kappa shape index (κ2) is 6.40. The highest BCUT2D eigenvalue weighted by molar-refractivity contribution is 5.37. The molecular formula is C16H19F2NO2. The Morgan fingerprint density at radius 3 is 2.76 bits per heavy atom. The summed E-state index contributed by atoms with van der Waals surface area (Å²) in [6.07, 6.45) is 1.87. The first-order valence-corrected chi connectivity index (χ1v) is 7.15. The number of rotatable bonds is 5. The number of benzene rings is 1. The van der Waals surface area contributed by atoms with Crippen LogP contribution in [0.25, 0.3) is 0 Å². The Balaban J connectivity index is 2.31. The van der Waals surface area contributed by atoms with E-state index in [1.165, 1.54) is 6.07 Å². The lowest BCUT2D eigenvalue weighted by atomic mass is 9.77. The van der Waals surface area contributed by atoms with Crippen LogP contribution in [0.1, 0.15) is 44.3 Å². The van der Waals surface area contributed by atoms with Gasteiger partial charge < -0.3 is 9.84 Å². The molecule has 3 unspecified atom stereocenters. The molecule has 2 rings (SSSR count). The van der Waals surface area contributed by atoms with Gasteiger partial charge in [0.25, 0.3) is 0 Å². The number of halogens is 2. The van der Waals surface area contributed by atoms with E-state index >= 15 is 0 Å². The van der Waals surface area contributed by atoms with Crippen molar-refractivity contribution in [3.05, 3.63) is 29.8 Å². The molecule has 0 heterocycles. The molecule has 3 nitrogen and oxygen atoms in total. The molecule has 1 aliphatic carbocycles. The minimum absolute atomic E-state index is 0.0606. The SMILES string of the molecule is CCC1CCC(C#N)(C(O)c2ccccc2OC(F)F)C1. The first kappa shape index (κ1) is 15.7. The van der Waals surface area contributed by atoms with Crippen molar-refractivity contribution >= 4 is 0 Å². The molecule has 0 radical (unpaired) electrons. The highest BCUT2D eigenvalue weighted by Gasteiger charge is 2.46. The molecule has 1 aromatic rings. The Labute approximate surface area is 123 Å². The molecule has 0 spiro atoms. The van der Waals surface area contributed by atoms with Gasteiger partial charge in [0.2, 0.25) is 0 Å². The summed E-state index contributed by atoms with van der Waals surface area (Å²) >= 11 is 0. The van der Waals surface area contributed by atoms with Crippen molar-refractivity contribution in [2.45, 2.75) is 45.3 Å². The van der Waals surface area contributed by atoms with Gasteiger partial charge in [0, 0.05) is 5.56 Å². The summed E-state index contributed by atoms with van der Waals surface area (Å²) in [5, 5.41) is 20.2. The minimum Gasteiger partial charge on any atom is -0.434 e. The fourth-order valence-electron chi connectivity index (χ4n) is 3.15. The quantitative estimate of drug-likeness (QED) is 0.892. The first-order valence-electron chi connectivity index (χ1n) is 7.15. The van der Waals surface area contributed by atoms with Gasteiger partial charge in [-0.1, -0.05) is 31.5 Å². The van der Waals surface area contributed by atoms with E-state index in [9.17, 15) is 19.1 Å². The normalized spacial score (nSPS) is 26.6. The van der Waals surface area contributed by atoms with Gasteiger partial charge in [-0.3, -0.25) is 0 Å². The zero-order valence-corrected chi connectivity index (χ0v) is 11.9. The van der Waals surface area contributed by atoms with E-state index in [1.54, 1.807) is 18.2 Å². The predicted molar refractivity (Wildman–Crippen MR) is 73.7 cm³/mol. The summed E-state index contributed by atoms with van der Waals surface area (Å²) in [5.74, 6) is 0.331. The number of aliphatic hydroxyl groups is 1. The summed E-state index contributed by atoms with van der Waals surface area (Å²) in [4.78, 5) is 0. The molecular weight excluding hydrogens is 276 g/mol. The molecule has 1 aliphatic rings. The van der Waals surface area contributed by atoms with Gasteiger partial charge >= 0.3 is 6.61 Å². The molecule has 0 aliphatic heterocycles. The van der Waals surface area contributed by atoms with Gasteiger partial charge in [-0.25, -0.2) is 0 Å². The maximum atomic E-state index is 12.5. The summed E-state index contributed by atoms with van der Waals surface area (Å²) in [7, 11) is 0. The third-order valence-electron chi connectivity index (χ3n) is 4.40. The molecule has 0 amide bonds. The fourth-order valence-corrected chi connectivity index (χ4v) is 3.15. The maximum absolute atomic E-state index is 12.5. The number of aliphatic hydroxyl groups excluding tert-OH is 1. The molecule has 1 saturated carbocycles. The zero-order valence-electron chi connectivity index (χ0n) is 11.9. The number of alkyl halides is 2. The maximum Gasteiger partial charge on any atom is 0.387 e. The average Bonchev–Trinajstić information content (AvgIpc) is 2.91. The van der Waals surface area contributed by atoms with E-state index in [-0.39, 0.29) is 11.3 Å². The van der Waals surface area contributed by atoms with Crippen LogP contribution in [0.15, 0.2) is 24.3 Å². The molecule has 114 valence electrons. The highest BCUT2D eigenvalue weighted by Crippen LogP contribution is 2.51. The lowest BCUT2D eigenvalue weighted by molar-refractivity contribution is -0.0529. The second-order valence-corrected chi connectivity index (χ2v) is 5.60. The van der Waals surface area contributed by atoms with E-state index in [2.05, 4.69) is 17.7 Å². The molecule has 0 saturated heterocycles. The number of para-hydroxylation sites is 1. The lowest BCUT2D eigenvalue weighted by Gasteiger charge is -2.29. The summed E-state index contributed by atoms with van der Waals surface area (Å²) in [6.45, 7) is -0.901. The summed E-state index contributed by atoms with van der Waals surface area (Å²) < 4.78 is 29.4. The van der Waals surface area contributed by atoms with Crippen LogP contribution in [0.4, 0.5) is 8.78 Å². The third kappa shape index (κ3) is 3.16. The Kier molecular flexibility index (Phi) is 4.79. The van der Waals surface area contributed by atoms with Crippen molar-refractivity contribution < 1.29 is 18.6 Å². The molecule has 3 atom stereocenters. The van der Waals surface area contributed by atoms with Crippen LogP contribution < -0.4 is 4.74 Å². The van der Waals surface area contributed by atoms with Crippen LogP contribution >= 0.6 is 0 Å². The van der Waals surface area contributed by atoms with E-state index in [0.29, 0.717) is 18.8 Å². The topological polar surface area (TPSA) is 53.2 Å². The molecule has 1 N–H and O–H groups in total. The van der Waals surface area contributed by atoms with Crippen LogP contribution in [-0.4, -0.2) is 11.7 Å². The van der Waals surface area contributed by atoms with E-state index in [1.807, 2.05) is 0 Å². The van der Waals surface area contributed by atoms with Crippen LogP contribution in [0.5, 0.6) is 5.75 Å².